The normalized spacial score (nSPS) is 29.5. The Labute approximate surface area is 322 Å². The minimum Gasteiger partial charge on any atom is -0.494 e. The van der Waals surface area contributed by atoms with Gasteiger partial charge in [-0.1, -0.05) is 65.5 Å². The van der Waals surface area contributed by atoms with E-state index in [4.69, 9.17) is 23.4 Å². The fourth-order valence-corrected chi connectivity index (χ4v) is 11.5. The van der Waals surface area contributed by atoms with Gasteiger partial charge in [-0.3, -0.25) is 4.79 Å². The molecular formula is C47H62O7. The Hall–Kier alpha value is -3.74. The first-order chi connectivity index (χ1) is 25.9. The summed E-state index contributed by atoms with van der Waals surface area (Å²) < 4.78 is 29.3. The summed E-state index contributed by atoms with van der Waals surface area (Å²) in [5, 5.41) is 0.367. The predicted molar refractivity (Wildman–Crippen MR) is 213 cm³/mol. The van der Waals surface area contributed by atoms with E-state index in [9.17, 15) is 9.59 Å². The molecule has 4 aliphatic carbocycles. The molecule has 292 valence electrons. The second kappa shape index (κ2) is 15.8. The van der Waals surface area contributed by atoms with Crippen LogP contribution in [-0.4, -0.2) is 25.3 Å². The van der Waals surface area contributed by atoms with E-state index >= 15 is 0 Å². The Morgan fingerprint density at radius 2 is 1.67 bits per heavy atom. The van der Waals surface area contributed by atoms with Gasteiger partial charge >= 0.3 is 5.97 Å². The van der Waals surface area contributed by atoms with Crippen molar-refractivity contribution in [3.63, 3.8) is 0 Å². The van der Waals surface area contributed by atoms with Crippen molar-refractivity contribution < 1.29 is 28.2 Å². The highest BCUT2D eigenvalue weighted by molar-refractivity contribution is 5.80. The molecule has 0 radical (unpaired) electrons. The SMILES string of the molecule is CCOc1ccc(Oc2c(C)oc3cc(OCC(=O)O[C@H]4CC[C@@]5(C)C(=CC[C@H]6[C@@H]7CC[C@H]([C@@H](C)CCCC(C)C)[C@@]7(C)CC[C@@H]65)C4)ccc3c2=O)cc1. The average molecular weight is 739 g/mol. The fourth-order valence-electron chi connectivity index (χ4n) is 11.5. The van der Waals surface area contributed by atoms with Crippen LogP contribution in [0.3, 0.4) is 0 Å². The molecule has 7 rings (SSSR count). The molecular weight excluding hydrogens is 677 g/mol. The third kappa shape index (κ3) is 7.58. The van der Waals surface area contributed by atoms with Crippen LogP contribution in [0.15, 0.2) is 63.3 Å². The zero-order chi connectivity index (χ0) is 38.2. The summed E-state index contributed by atoms with van der Waals surface area (Å²) in [5.74, 6) is 6.62. The molecule has 3 saturated carbocycles. The van der Waals surface area contributed by atoms with Crippen LogP contribution in [0, 0.1) is 53.3 Å². The highest BCUT2D eigenvalue weighted by Gasteiger charge is 2.59. The van der Waals surface area contributed by atoms with Crippen molar-refractivity contribution in [2.24, 2.45) is 46.3 Å². The molecule has 1 heterocycles. The number of hydrogen-bond donors (Lipinski definition) is 0. The molecule has 54 heavy (non-hydrogen) atoms. The topological polar surface area (TPSA) is 84.2 Å². The number of ether oxygens (including phenoxy) is 4. The van der Waals surface area contributed by atoms with Crippen LogP contribution in [0.5, 0.6) is 23.0 Å². The highest BCUT2D eigenvalue weighted by atomic mass is 16.6. The maximum Gasteiger partial charge on any atom is 0.344 e. The van der Waals surface area contributed by atoms with Crippen LogP contribution in [0.25, 0.3) is 11.0 Å². The standard InChI is InChI=1S/C47H62O7/c1-8-50-33-13-15-34(16-14-33)54-45-31(5)52-42-27-35(17-19-38(42)44(45)49)51-28-43(48)53-36-22-24-46(6)32(26-36)12-18-37-40-21-20-39(30(4)11-9-10-29(2)3)47(40,7)25-23-41(37)46/h12-17,19,27,29-30,36-37,39-41H,8-11,18,20-26,28H2,1-7H3/t30-,36-,37-,39+,40-,41-,46-,47+/m0/s1. The first-order valence-corrected chi connectivity index (χ1v) is 20.9. The van der Waals surface area contributed by atoms with Crippen LogP contribution in [0.2, 0.25) is 0 Å². The number of rotatable bonds is 13. The van der Waals surface area contributed by atoms with Crippen LogP contribution in [0.1, 0.15) is 118 Å². The lowest BCUT2D eigenvalue weighted by molar-refractivity contribution is -0.153. The van der Waals surface area contributed by atoms with E-state index in [1.54, 1.807) is 49.4 Å². The van der Waals surface area contributed by atoms with Crippen LogP contribution in [-0.2, 0) is 9.53 Å². The fraction of sp³-hybridized carbons (Fsp3) is 0.617. The van der Waals surface area contributed by atoms with Crippen molar-refractivity contribution in [1.29, 1.82) is 0 Å². The maximum atomic E-state index is 13.3. The van der Waals surface area contributed by atoms with Crippen molar-refractivity contribution in [3.05, 3.63) is 70.1 Å². The highest BCUT2D eigenvalue weighted by Crippen LogP contribution is 2.67. The molecule has 7 heteroatoms. The van der Waals surface area contributed by atoms with Crippen molar-refractivity contribution >= 4 is 16.9 Å². The van der Waals surface area contributed by atoms with Crippen LogP contribution in [0.4, 0.5) is 0 Å². The monoisotopic (exact) mass is 738 g/mol. The van der Waals surface area contributed by atoms with Crippen LogP contribution < -0.4 is 19.6 Å². The zero-order valence-electron chi connectivity index (χ0n) is 33.7. The van der Waals surface area contributed by atoms with E-state index in [0.29, 0.717) is 40.3 Å². The lowest BCUT2D eigenvalue weighted by Crippen LogP contribution is -2.51. The zero-order valence-corrected chi connectivity index (χ0v) is 33.7. The minimum atomic E-state index is -0.373. The van der Waals surface area contributed by atoms with Gasteiger partial charge in [0.05, 0.1) is 12.0 Å². The molecule has 0 bridgehead atoms. The molecule has 7 nitrogen and oxygen atoms in total. The van der Waals surface area contributed by atoms with Gasteiger partial charge in [-0.25, -0.2) is 4.79 Å². The van der Waals surface area contributed by atoms with Gasteiger partial charge < -0.3 is 23.4 Å². The largest absolute Gasteiger partial charge is 0.494 e. The number of carbonyl (C=O) groups is 1. The summed E-state index contributed by atoms with van der Waals surface area (Å²) in [6, 6.07) is 12.1. The van der Waals surface area contributed by atoms with Gasteiger partial charge in [0.25, 0.3) is 0 Å². The first kappa shape index (κ1) is 38.5. The summed E-state index contributed by atoms with van der Waals surface area (Å²) in [5.41, 5.74) is 2.29. The second-order valence-electron chi connectivity index (χ2n) is 17.9. The number of benzene rings is 2. The van der Waals surface area contributed by atoms with Crippen molar-refractivity contribution in [2.45, 2.75) is 125 Å². The van der Waals surface area contributed by atoms with E-state index in [1.165, 1.54) is 56.9 Å². The number of fused-ring (bicyclic) bond motifs is 6. The molecule has 0 aliphatic heterocycles. The molecule has 0 N–H and O–H groups in total. The minimum absolute atomic E-state index is 0.126. The molecule has 0 amide bonds. The summed E-state index contributed by atoms with van der Waals surface area (Å²) >= 11 is 0. The molecule has 2 aromatic carbocycles. The number of aryl methyl sites for hydroxylation is 1. The molecule has 3 aromatic rings. The summed E-state index contributed by atoms with van der Waals surface area (Å²) in [7, 11) is 0. The number of hydrogen-bond acceptors (Lipinski definition) is 7. The van der Waals surface area contributed by atoms with Crippen LogP contribution >= 0.6 is 0 Å². The van der Waals surface area contributed by atoms with E-state index in [2.05, 4.69) is 40.7 Å². The molecule has 4 aliphatic rings. The average Bonchev–Trinajstić information content (AvgIpc) is 3.50. The van der Waals surface area contributed by atoms with Gasteiger partial charge in [0.15, 0.2) is 6.61 Å². The maximum absolute atomic E-state index is 13.3. The number of esters is 1. The Morgan fingerprint density at radius 1 is 0.907 bits per heavy atom. The Balaban J connectivity index is 0.936. The van der Waals surface area contributed by atoms with Crippen molar-refractivity contribution in [1.82, 2.24) is 0 Å². The molecule has 3 fully saturated rings. The molecule has 0 unspecified atom stereocenters. The Bertz CT molecular complexity index is 1890. The number of allylic oxidation sites excluding steroid dienone is 1. The summed E-state index contributed by atoms with van der Waals surface area (Å²) in [6.07, 6.45) is 16.0. The van der Waals surface area contributed by atoms with E-state index in [1.807, 2.05) is 6.92 Å². The molecule has 0 spiro atoms. The molecule has 0 saturated heterocycles. The quantitative estimate of drug-likeness (QED) is 0.127. The lowest BCUT2D eigenvalue weighted by atomic mass is 9.47. The Morgan fingerprint density at radius 3 is 2.43 bits per heavy atom. The Kier molecular flexibility index (Phi) is 11.3. The van der Waals surface area contributed by atoms with Gasteiger partial charge in [-0.15, -0.1) is 0 Å². The van der Waals surface area contributed by atoms with Gasteiger partial charge in [0, 0.05) is 12.5 Å². The van der Waals surface area contributed by atoms with Gasteiger partial charge in [0.1, 0.15) is 34.7 Å². The smallest absolute Gasteiger partial charge is 0.344 e. The van der Waals surface area contributed by atoms with Gasteiger partial charge in [0.2, 0.25) is 11.2 Å². The van der Waals surface area contributed by atoms with Crippen molar-refractivity contribution in [3.8, 4) is 23.0 Å². The van der Waals surface area contributed by atoms with E-state index in [0.717, 1.165) is 60.5 Å². The molecule has 8 atom stereocenters. The van der Waals surface area contributed by atoms with Gasteiger partial charge in [-0.05, 0) is 142 Å². The lowest BCUT2D eigenvalue weighted by Gasteiger charge is -2.58. The van der Waals surface area contributed by atoms with E-state index in [-0.39, 0.29) is 35.3 Å². The van der Waals surface area contributed by atoms with E-state index < -0.39 is 0 Å². The second-order valence-corrected chi connectivity index (χ2v) is 17.9. The summed E-state index contributed by atoms with van der Waals surface area (Å²) in [4.78, 5) is 26.4. The number of carbonyl (C=O) groups excluding carboxylic acids is 1. The third-order valence-electron chi connectivity index (χ3n) is 14.3. The predicted octanol–water partition coefficient (Wildman–Crippen LogP) is 11.6. The molecule has 1 aromatic heterocycles. The van der Waals surface area contributed by atoms with Gasteiger partial charge in [-0.2, -0.15) is 0 Å². The summed E-state index contributed by atoms with van der Waals surface area (Å²) in [6.45, 7) is 16.4. The third-order valence-corrected chi connectivity index (χ3v) is 14.3. The first-order valence-electron chi connectivity index (χ1n) is 20.9. The van der Waals surface area contributed by atoms with Crippen molar-refractivity contribution in [2.75, 3.05) is 13.2 Å².